The van der Waals surface area contributed by atoms with E-state index in [1.807, 2.05) is 0 Å². The summed E-state index contributed by atoms with van der Waals surface area (Å²) in [7, 11) is 0. The molecule has 5 heteroatoms. The number of pyridine rings is 1. The van der Waals surface area contributed by atoms with E-state index in [1.54, 1.807) is 12.1 Å². The van der Waals surface area contributed by atoms with E-state index >= 15 is 0 Å². The number of amides is 1. The van der Waals surface area contributed by atoms with Crippen molar-refractivity contribution in [2.45, 2.75) is 38.1 Å². The van der Waals surface area contributed by atoms with Crippen LogP contribution in [0.4, 0.5) is 0 Å². The molecule has 0 saturated heterocycles. The zero-order valence-corrected chi connectivity index (χ0v) is 10.2. The fourth-order valence-corrected chi connectivity index (χ4v) is 2.19. The number of carbonyl (C=O) groups is 1. The Morgan fingerprint density at radius 3 is 2.78 bits per heavy atom. The second-order valence-electron chi connectivity index (χ2n) is 4.52. The zero-order chi connectivity index (χ0) is 12.8. The van der Waals surface area contributed by atoms with Crippen LogP contribution in [0.15, 0.2) is 23.5 Å². The van der Waals surface area contributed by atoms with Gasteiger partial charge in [0.1, 0.15) is 0 Å². The van der Waals surface area contributed by atoms with Crippen LogP contribution in [0.2, 0.25) is 0 Å². The number of nitrogens with zero attached hydrogens (tertiary/aromatic N) is 2. The second-order valence-corrected chi connectivity index (χ2v) is 4.52. The summed E-state index contributed by atoms with van der Waals surface area (Å²) < 4.78 is 0. The van der Waals surface area contributed by atoms with Crippen LogP contribution in [0.5, 0.6) is 0 Å². The van der Waals surface area contributed by atoms with Crippen molar-refractivity contribution in [3.05, 3.63) is 29.6 Å². The summed E-state index contributed by atoms with van der Waals surface area (Å²) in [5, 5.41) is 14.3. The van der Waals surface area contributed by atoms with E-state index in [-0.39, 0.29) is 5.91 Å². The molecule has 0 aromatic carbocycles. The van der Waals surface area contributed by atoms with E-state index < -0.39 is 0 Å². The minimum atomic E-state index is -0.0816. The topological polar surface area (TPSA) is 74.6 Å². The number of oxime groups is 1. The molecule has 5 nitrogen and oxygen atoms in total. The molecule has 0 bridgehead atoms. The van der Waals surface area contributed by atoms with Crippen LogP contribution in [0.25, 0.3) is 0 Å². The molecule has 18 heavy (non-hydrogen) atoms. The fraction of sp³-hybridized carbons (Fsp3) is 0.462. The lowest BCUT2D eigenvalue weighted by Gasteiger charge is -2.22. The van der Waals surface area contributed by atoms with Crippen LogP contribution in [-0.4, -0.2) is 28.4 Å². The molecule has 2 rings (SSSR count). The van der Waals surface area contributed by atoms with Gasteiger partial charge in [0.25, 0.3) is 5.91 Å². The summed E-state index contributed by atoms with van der Waals surface area (Å²) in [5.41, 5.74) is 1.06. The molecule has 96 valence electrons. The van der Waals surface area contributed by atoms with Crippen molar-refractivity contribution in [2.75, 3.05) is 0 Å². The van der Waals surface area contributed by atoms with Gasteiger partial charge in [-0.05, 0) is 25.0 Å². The van der Waals surface area contributed by atoms with Gasteiger partial charge in [-0.1, -0.05) is 24.4 Å². The van der Waals surface area contributed by atoms with Gasteiger partial charge in [0.15, 0.2) is 0 Å². The highest BCUT2D eigenvalue weighted by molar-refractivity contribution is 5.94. The number of carbonyl (C=O) groups excluding carboxylic acids is 1. The summed E-state index contributed by atoms with van der Waals surface area (Å²) in [6.45, 7) is 0. The molecular weight excluding hydrogens is 230 g/mol. The number of rotatable bonds is 3. The largest absolute Gasteiger partial charge is 0.411 e. The molecule has 1 amide bonds. The molecule has 0 unspecified atom stereocenters. The van der Waals surface area contributed by atoms with E-state index in [9.17, 15) is 4.79 Å². The summed E-state index contributed by atoms with van der Waals surface area (Å²) in [4.78, 5) is 16.0. The third-order valence-corrected chi connectivity index (χ3v) is 3.18. The van der Waals surface area contributed by atoms with Gasteiger partial charge in [-0.15, -0.1) is 0 Å². The maximum absolute atomic E-state index is 11.9. The van der Waals surface area contributed by atoms with E-state index in [4.69, 9.17) is 5.21 Å². The minimum absolute atomic E-state index is 0.0816. The predicted molar refractivity (Wildman–Crippen MR) is 68.0 cm³/mol. The van der Waals surface area contributed by atoms with E-state index in [1.165, 1.54) is 31.7 Å². The molecule has 2 N–H and O–H groups in total. The molecule has 1 aromatic heterocycles. The lowest BCUT2D eigenvalue weighted by molar-refractivity contribution is 0.0927. The molecule has 1 fully saturated rings. The van der Waals surface area contributed by atoms with Gasteiger partial charge in [-0.3, -0.25) is 9.78 Å². The summed E-state index contributed by atoms with van der Waals surface area (Å²) in [6.07, 6.45) is 8.49. The Labute approximate surface area is 106 Å². The number of hydrogen-bond acceptors (Lipinski definition) is 4. The molecule has 0 spiro atoms. The van der Waals surface area contributed by atoms with Gasteiger partial charge < -0.3 is 10.5 Å². The van der Waals surface area contributed by atoms with Gasteiger partial charge >= 0.3 is 0 Å². The molecule has 1 saturated carbocycles. The fourth-order valence-electron chi connectivity index (χ4n) is 2.19. The van der Waals surface area contributed by atoms with Gasteiger partial charge in [-0.2, -0.15) is 0 Å². The van der Waals surface area contributed by atoms with Crippen molar-refractivity contribution in [1.29, 1.82) is 0 Å². The lowest BCUT2D eigenvalue weighted by Crippen LogP contribution is -2.36. The van der Waals surface area contributed by atoms with Crippen LogP contribution in [0, 0.1) is 0 Å². The quantitative estimate of drug-likeness (QED) is 0.487. The van der Waals surface area contributed by atoms with Crippen molar-refractivity contribution in [2.24, 2.45) is 5.16 Å². The summed E-state index contributed by atoms with van der Waals surface area (Å²) in [6, 6.07) is 3.63. The number of aromatic nitrogens is 1. The maximum Gasteiger partial charge on any atom is 0.253 e. The third kappa shape index (κ3) is 3.29. The Morgan fingerprint density at radius 1 is 1.39 bits per heavy atom. The van der Waals surface area contributed by atoms with Gasteiger partial charge in [-0.25, -0.2) is 0 Å². The normalized spacial score (nSPS) is 16.9. The van der Waals surface area contributed by atoms with Crippen molar-refractivity contribution in [1.82, 2.24) is 10.3 Å². The first-order valence-corrected chi connectivity index (χ1v) is 6.24. The highest BCUT2D eigenvalue weighted by atomic mass is 16.4. The predicted octanol–water partition coefficient (Wildman–Crippen LogP) is 1.95. The molecule has 1 aliphatic rings. The van der Waals surface area contributed by atoms with Gasteiger partial charge in [0, 0.05) is 12.2 Å². The van der Waals surface area contributed by atoms with Crippen molar-refractivity contribution >= 4 is 12.1 Å². The Hall–Kier alpha value is -1.91. The number of nitrogens with one attached hydrogen (secondary N) is 1. The standard InChI is InChI=1S/C13H17N3O2/c17-13(16-11-4-2-1-3-5-11)10-6-7-12(9-15-18)14-8-10/h6-9,11,18H,1-5H2,(H,16,17)/b15-9-. The molecule has 0 atom stereocenters. The molecule has 1 aromatic rings. The SMILES string of the molecule is O=C(NC1CCCCC1)c1ccc(/C=N\O)nc1. The average molecular weight is 247 g/mol. The third-order valence-electron chi connectivity index (χ3n) is 3.18. The van der Waals surface area contributed by atoms with Crippen molar-refractivity contribution in [3.8, 4) is 0 Å². The smallest absolute Gasteiger partial charge is 0.253 e. The van der Waals surface area contributed by atoms with Crippen molar-refractivity contribution in [3.63, 3.8) is 0 Å². The van der Waals surface area contributed by atoms with Gasteiger partial charge in [0.2, 0.25) is 0 Å². The Bertz CT molecular complexity index is 422. The molecule has 1 heterocycles. The van der Waals surface area contributed by atoms with Crippen LogP contribution in [-0.2, 0) is 0 Å². The average Bonchev–Trinajstić information content (AvgIpc) is 2.41. The second kappa shape index (κ2) is 6.14. The first-order chi connectivity index (χ1) is 8.79. The minimum Gasteiger partial charge on any atom is -0.411 e. The summed E-state index contributed by atoms with van der Waals surface area (Å²) >= 11 is 0. The zero-order valence-electron chi connectivity index (χ0n) is 10.2. The van der Waals surface area contributed by atoms with Crippen LogP contribution in [0.3, 0.4) is 0 Å². The van der Waals surface area contributed by atoms with Crippen LogP contribution >= 0.6 is 0 Å². The van der Waals surface area contributed by atoms with Crippen LogP contribution in [0.1, 0.15) is 48.2 Å². The Morgan fingerprint density at radius 2 is 2.17 bits per heavy atom. The Balaban J connectivity index is 1.95. The van der Waals surface area contributed by atoms with E-state index in [2.05, 4.69) is 15.5 Å². The lowest BCUT2D eigenvalue weighted by atomic mass is 9.95. The first-order valence-electron chi connectivity index (χ1n) is 6.24. The monoisotopic (exact) mass is 247 g/mol. The Kier molecular flexibility index (Phi) is 4.28. The van der Waals surface area contributed by atoms with Crippen molar-refractivity contribution < 1.29 is 10.0 Å². The molecule has 0 radical (unpaired) electrons. The highest BCUT2D eigenvalue weighted by Gasteiger charge is 2.16. The molecular formula is C13H17N3O2. The molecule has 1 aliphatic carbocycles. The van der Waals surface area contributed by atoms with Crippen LogP contribution < -0.4 is 5.32 Å². The number of hydrogen-bond donors (Lipinski definition) is 2. The summed E-state index contributed by atoms with van der Waals surface area (Å²) in [5.74, 6) is -0.0816. The van der Waals surface area contributed by atoms with E-state index in [0.29, 0.717) is 17.3 Å². The highest BCUT2D eigenvalue weighted by Crippen LogP contribution is 2.17. The van der Waals surface area contributed by atoms with Gasteiger partial charge in [0.05, 0.1) is 17.5 Å². The first kappa shape index (κ1) is 12.5. The maximum atomic E-state index is 11.9. The van der Waals surface area contributed by atoms with E-state index in [0.717, 1.165) is 12.8 Å². The molecule has 0 aliphatic heterocycles.